The van der Waals surface area contributed by atoms with Crippen LogP contribution in [0.1, 0.15) is 103 Å². The summed E-state index contributed by atoms with van der Waals surface area (Å²) in [5.74, 6) is 9.49. The Bertz CT molecular complexity index is 1890. The summed E-state index contributed by atoms with van der Waals surface area (Å²) in [7, 11) is 0. The first kappa shape index (κ1) is 29.0. The molecule has 0 spiro atoms. The molecular formula is C40H38N4. The van der Waals surface area contributed by atoms with E-state index in [-0.39, 0.29) is 0 Å². The molecule has 0 radical (unpaired) electrons. The van der Waals surface area contributed by atoms with Crippen LogP contribution in [0.4, 0.5) is 0 Å². The molecule has 2 aliphatic rings. The quantitative estimate of drug-likeness (QED) is 0.140. The van der Waals surface area contributed by atoms with Gasteiger partial charge in [0.25, 0.3) is 0 Å². The number of hydrogen-bond donors (Lipinski definition) is 2. The van der Waals surface area contributed by atoms with E-state index in [2.05, 4.69) is 96.2 Å². The molecule has 5 heterocycles. The van der Waals surface area contributed by atoms with Crippen molar-refractivity contribution < 1.29 is 0 Å². The van der Waals surface area contributed by atoms with Gasteiger partial charge in [-0.15, -0.1) is 6.42 Å². The molecule has 0 aliphatic carbocycles. The molecular weight excluding hydrogens is 536 g/mol. The van der Waals surface area contributed by atoms with Crippen LogP contribution in [0.3, 0.4) is 0 Å². The smallest absolute Gasteiger partial charge is 0.0816 e. The van der Waals surface area contributed by atoms with E-state index >= 15 is 0 Å². The molecule has 2 N–H and O–H groups in total. The van der Waals surface area contributed by atoms with Gasteiger partial charge < -0.3 is 9.97 Å². The van der Waals surface area contributed by atoms with E-state index in [0.29, 0.717) is 0 Å². The molecule has 6 rings (SSSR count). The number of hydrogen-bond acceptors (Lipinski definition) is 2. The predicted octanol–water partition coefficient (Wildman–Crippen LogP) is 9.50. The Morgan fingerprint density at radius 3 is 1.59 bits per heavy atom. The third-order valence-corrected chi connectivity index (χ3v) is 8.23. The van der Waals surface area contributed by atoms with Crippen LogP contribution in [0.5, 0.6) is 0 Å². The largest absolute Gasteiger partial charge is 0.355 e. The van der Waals surface area contributed by atoms with E-state index in [4.69, 9.17) is 16.4 Å². The number of aromatic nitrogens is 4. The number of nitrogens with one attached hydrogen (secondary N) is 2. The van der Waals surface area contributed by atoms with Crippen LogP contribution in [-0.4, -0.2) is 19.9 Å². The maximum atomic E-state index is 5.57. The van der Waals surface area contributed by atoms with Crippen molar-refractivity contribution >= 4 is 46.4 Å². The van der Waals surface area contributed by atoms with Crippen LogP contribution >= 0.6 is 0 Å². The van der Waals surface area contributed by atoms with E-state index in [0.717, 1.165) is 87.2 Å². The first-order valence-electron chi connectivity index (χ1n) is 15.8. The zero-order valence-corrected chi connectivity index (χ0v) is 25.6. The Kier molecular flexibility index (Phi) is 8.90. The summed E-state index contributed by atoms with van der Waals surface area (Å²) in [5.41, 5.74) is 13.0. The molecule has 4 aromatic rings. The van der Waals surface area contributed by atoms with Gasteiger partial charge in [0, 0.05) is 44.3 Å². The molecule has 4 heteroatoms. The lowest BCUT2D eigenvalue weighted by Crippen LogP contribution is -1.94. The van der Waals surface area contributed by atoms with E-state index in [1.165, 1.54) is 36.8 Å². The van der Waals surface area contributed by atoms with Crippen molar-refractivity contribution in [2.45, 2.75) is 65.2 Å². The maximum absolute atomic E-state index is 5.57. The number of terminal acetylenes is 1. The van der Waals surface area contributed by atoms with E-state index in [1.54, 1.807) is 0 Å². The zero-order chi connectivity index (χ0) is 30.3. The maximum Gasteiger partial charge on any atom is 0.0816 e. The van der Waals surface area contributed by atoms with Gasteiger partial charge >= 0.3 is 0 Å². The lowest BCUT2D eigenvalue weighted by Gasteiger charge is -2.03. The Labute approximate surface area is 260 Å². The summed E-state index contributed by atoms with van der Waals surface area (Å²) in [5, 5.41) is 0. The number of H-pyrrole nitrogens is 2. The molecule has 218 valence electrons. The molecule has 0 saturated heterocycles. The number of unbranched alkanes of at least 4 members (excludes halogenated alkanes) is 4. The molecule has 0 saturated carbocycles. The van der Waals surface area contributed by atoms with Crippen LogP contribution in [0.15, 0.2) is 54.6 Å². The number of aromatic amines is 2. The van der Waals surface area contributed by atoms with Gasteiger partial charge in [-0.05, 0) is 105 Å². The zero-order valence-electron chi connectivity index (χ0n) is 25.6. The fourth-order valence-electron chi connectivity index (χ4n) is 5.80. The van der Waals surface area contributed by atoms with Gasteiger partial charge in [-0.25, -0.2) is 9.97 Å². The molecule has 0 atom stereocenters. The van der Waals surface area contributed by atoms with Crippen molar-refractivity contribution in [3.8, 4) is 24.2 Å². The molecule has 2 aliphatic heterocycles. The normalized spacial score (nSPS) is 11.8. The number of nitrogens with zero attached hydrogens (tertiary/aromatic N) is 2. The molecule has 44 heavy (non-hydrogen) atoms. The second-order valence-corrected chi connectivity index (χ2v) is 11.4. The van der Waals surface area contributed by atoms with Gasteiger partial charge in [0.1, 0.15) is 0 Å². The minimum Gasteiger partial charge on any atom is -0.355 e. The minimum absolute atomic E-state index is 0.823. The lowest BCUT2D eigenvalue weighted by molar-refractivity contribution is 0.717. The molecule has 8 bridgehead atoms. The molecule has 4 nitrogen and oxygen atoms in total. The number of aryl methyl sites for hydroxylation is 2. The number of fused-ring (bicyclic) bond motifs is 8. The van der Waals surface area contributed by atoms with Crippen molar-refractivity contribution in [2.24, 2.45) is 0 Å². The van der Waals surface area contributed by atoms with Gasteiger partial charge in [-0.3, -0.25) is 0 Å². The minimum atomic E-state index is 0.823. The topological polar surface area (TPSA) is 57.4 Å². The summed E-state index contributed by atoms with van der Waals surface area (Å²) in [4.78, 5) is 17.7. The highest BCUT2D eigenvalue weighted by atomic mass is 14.8. The highest BCUT2D eigenvalue weighted by Crippen LogP contribution is 2.27. The second-order valence-electron chi connectivity index (χ2n) is 11.4. The van der Waals surface area contributed by atoms with Gasteiger partial charge in [0.15, 0.2) is 0 Å². The number of rotatable bonds is 8. The van der Waals surface area contributed by atoms with Crippen LogP contribution in [0.25, 0.3) is 46.4 Å². The van der Waals surface area contributed by atoms with Gasteiger partial charge in [-0.2, -0.15) is 0 Å². The fraction of sp³-hybridized carbons (Fsp3) is 0.250. The van der Waals surface area contributed by atoms with Crippen LogP contribution < -0.4 is 0 Å². The van der Waals surface area contributed by atoms with Crippen molar-refractivity contribution in [2.75, 3.05) is 0 Å². The highest BCUT2D eigenvalue weighted by molar-refractivity contribution is 5.84. The first-order valence-corrected chi connectivity index (χ1v) is 15.8. The number of benzene rings is 1. The van der Waals surface area contributed by atoms with Crippen molar-refractivity contribution in [1.29, 1.82) is 0 Å². The third kappa shape index (κ3) is 6.46. The van der Waals surface area contributed by atoms with Gasteiger partial charge in [-0.1, -0.05) is 57.3 Å². The first-order chi connectivity index (χ1) is 21.6. The monoisotopic (exact) mass is 574 g/mol. The van der Waals surface area contributed by atoms with Crippen LogP contribution in [0, 0.1) is 24.2 Å². The molecule has 1 aromatic carbocycles. The molecule has 0 unspecified atom stereocenters. The molecule has 0 fully saturated rings. The summed E-state index contributed by atoms with van der Waals surface area (Å²) in [6.07, 6.45) is 22.8. The Morgan fingerprint density at radius 2 is 1.09 bits per heavy atom. The van der Waals surface area contributed by atoms with Gasteiger partial charge in [0.05, 0.1) is 28.3 Å². The molecule has 0 amide bonds. The Balaban J connectivity index is 1.63. The average molecular weight is 575 g/mol. The predicted molar refractivity (Wildman–Crippen MR) is 186 cm³/mol. The summed E-state index contributed by atoms with van der Waals surface area (Å²) >= 11 is 0. The van der Waals surface area contributed by atoms with E-state index in [9.17, 15) is 0 Å². The Hall–Kier alpha value is -5.06. The van der Waals surface area contributed by atoms with Crippen molar-refractivity contribution in [3.05, 3.63) is 105 Å². The van der Waals surface area contributed by atoms with E-state index in [1.807, 2.05) is 24.3 Å². The van der Waals surface area contributed by atoms with E-state index < -0.39 is 0 Å². The second kappa shape index (κ2) is 13.5. The standard InChI is InChI=1S/C40H38N4/c1-4-7-9-11-32-35-21-18-30(41-35)27-31-19-22-36(42-31)33(12-10-8-5-2)38-24-26-40(44-38)34(39-25-23-37(32)43-39)20-17-29-15-13-28(6-3)14-16-29/h3,13-16,18-19,21-27,41-42H,4-5,7-12H2,1-2H3. The van der Waals surface area contributed by atoms with Gasteiger partial charge in [0.2, 0.25) is 0 Å². The molecule has 3 aromatic heterocycles. The lowest BCUT2D eigenvalue weighted by atomic mass is 10.1. The Morgan fingerprint density at radius 1 is 0.591 bits per heavy atom. The van der Waals surface area contributed by atoms with Crippen LogP contribution in [-0.2, 0) is 12.8 Å². The fourth-order valence-corrected chi connectivity index (χ4v) is 5.80. The van der Waals surface area contributed by atoms with Crippen molar-refractivity contribution in [1.82, 2.24) is 19.9 Å². The SMILES string of the molecule is C#Cc1ccc(C#Cc2c3nc(c(CCCCC)c4ccc(cc5ccc([nH]5)c(CCCCC)c5nc2C=C5)[nH]4)C=C3)cc1. The van der Waals surface area contributed by atoms with Crippen molar-refractivity contribution in [3.63, 3.8) is 0 Å². The average Bonchev–Trinajstić information content (AvgIpc) is 3.87. The third-order valence-electron chi connectivity index (χ3n) is 8.23. The summed E-state index contributed by atoms with van der Waals surface area (Å²) in [6.45, 7) is 4.48. The summed E-state index contributed by atoms with van der Waals surface area (Å²) in [6, 6.07) is 18.6. The summed E-state index contributed by atoms with van der Waals surface area (Å²) < 4.78 is 0. The van der Waals surface area contributed by atoms with Crippen LogP contribution in [0.2, 0.25) is 0 Å². The highest BCUT2D eigenvalue weighted by Gasteiger charge is 2.15.